The first kappa shape index (κ1) is 14.0. The number of amides is 1. The van der Waals surface area contributed by atoms with Crippen molar-refractivity contribution >= 4 is 6.09 Å². The quantitative estimate of drug-likeness (QED) is 0.877. The van der Waals surface area contributed by atoms with Gasteiger partial charge in [0.05, 0.1) is 5.56 Å². The van der Waals surface area contributed by atoms with Crippen molar-refractivity contribution in [3.8, 4) is 6.07 Å². The van der Waals surface area contributed by atoms with Crippen molar-refractivity contribution in [3.05, 3.63) is 35.1 Å². The van der Waals surface area contributed by atoms with Gasteiger partial charge in [0.1, 0.15) is 17.5 Å². The normalized spacial score (nSPS) is 10.6. The van der Waals surface area contributed by atoms with E-state index in [0.29, 0.717) is 5.56 Å². The molecule has 0 aromatic heterocycles. The van der Waals surface area contributed by atoms with E-state index in [2.05, 4.69) is 5.32 Å². The summed E-state index contributed by atoms with van der Waals surface area (Å²) in [4.78, 5) is 11.4. The van der Waals surface area contributed by atoms with Gasteiger partial charge >= 0.3 is 6.09 Å². The van der Waals surface area contributed by atoms with Crippen molar-refractivity contribution in [3.63, 3.8) is 0 Å². The van der Waals surface area contributed by atoms with Crippen molar-refractivity contribution in [1.82, 2.24) is 5.32 Å². The highest BCUT2D eigenvalue weighted by Gasteiger charge is 2.15. The van der Waals surface area contributed by atoms with Gasteiger partial charge in [-0.1, -0.05) is 6.07 Å². The second kappa shape index (κ2) is 5.50. The van der Waals surface area contributed by atoms with Crippen LogP contribution >= 0.6 is 0 Å². The molecule has 0 bridgehead atoms. The maximum atomic E-state index is 13.1. The molecule has 1 rings (SSSR count). The molecule has 5 heteroatoms. The van der Waals surface area contributed by atoms with Crippen molar-refractivity contribution in [2.75, 3.05) is 0 Å². The summed E-state index contributed by atoms with van der Waals surface area (Å²) < 4.78 is 18.1. The van der Waals surface area contributed by atoms with Crippen LogP contribution in [0.25, 0.3) is 0 Å². The number of carbonyl (C=O) groups excluding carboxylic acids is 1. The summed E-state index contributed by atoms with van der Waals surface area (Å²) in [6.45, 7) is 5.47. The molecule has 0 saturated heterocycles. The van der Waals surface area contributed by atoms with E-state index in [1.165, 1.54) is 18.2 Å². The summed E-state index contributed by atoms with van der Waals surface area (Å²) >= 11 is 0. The number of hydrogen-bond acceptors (Lipinski definition) is 3. The molecule has 0 aliphatic heterocycles. The lowest BCUT2D eigenvalue weighted by Gasteiger charge is -2.19. The van der Waals surface area contributed by atoms with Gasteiger partial charge in [-0.3, -0.25) is 0 Å². The molecule has 0 atom stereocenters. The predicted molar refractivity (Wildman–Crippen MR) is 64.2 cm³/mol. The molecule has 1 N–H and O–H groups in total. The van der Waals surface area contributed by atoms with E-state index in [9.17, 15) is 9.18 Å². The molecule has 0 saturated carbocycles. The van der Waals surface area contributed by atoms with Crippen molar-refractivity contribution in [1.29, 1.82) is 5.26 Å². The van der Waals surface area contributed by atoms with E-state index in [1.54, 1.807) is 26.8 Å². The summed E-state index contributed by atoms with van der Waals surface area (Å²) in [5.41, 5.74) is 0.0299. The fourth-order valence-corrected chi connectivity index (χ4v) is 1.26. The Morgan fingerprint density at radius 2 is 2.17 bits per heavy atom. The van der Waals surface area contributed by atoms with Gasteiger partial charge in [0.25, 0.3) is 0 Å². The largest absolute Gasteiger partial charge is 0.444 e. The Hall–Kier alpha value is -2.09. The van der Waals surface area contributed by atoms with E-state index in [1.807, 2.05) is 0 Å². The van der Waals surface area contributed by atoms with Crippen molar-refractivity contribution in [2.45, 2.75) is 32.9 Å². The maximum absolute atomic E-state index is 13.1. The summed E-state index contributed by atoms with van der Waals surface area (Å²) in [5.74, 6) is -0.571. The number of rotatable bonds is 2. The third-order valence-corrected chi connectivity index (χ3v) is 1.99. The van der Waals surface area contributed by atoms with Gasteiger partial charge < -0.3 is 10.1 Å². The first-order chi connectivity index (χ1) is 8.31. The number of hydrogen-bond donors (Lipinski definition) is 1. The zero-order chi connectivity index (χ0) is 13.8. The molecule has 0 heterocycles. The molecule has 4 nitrogen and oxygen atoms in total. The molecule has 1 aromatic carbocycles. The number of alkyl carbamates (subject to hydrolysis) is 1. The Bertz CT molecular complexity index is 487. The first-order valence-electron chi connectivity index (χ1n) is 5.47. The number of ether oxygens (including phenoxy) is 1. The number of benzene rings is 1. The Balaban J connectivity index is 2.60. The third-order valence-electron chi connectivity index (χ3n) is 1.99. The zero-order valence-electron chi connectivity index (χ0n) is 10.6. The molecule has 0 fully saturated rings. The van der Waals surface area contributed by atoms with Crippen LogP contribution in [0, 0.1) is 17.1 Å². The number of nitrogens with one attached hydrogen (secondary N) is 1. The van der Waals surface area contributed by atoms with Crippen LogP contribution in [0.1, 0.15) is 31.9 Å². The van der Waals surface area contributed by atoms with Gasteiger partial charge in [-0.25, -0.2) is 9.18 Å². The summed E-state index contributed by atoms with van der Waals surface area (Å²) in [7, 11) is 0. The van der Waals surface area contributed by atoms with Crippen molar-refractivity contribution < 1.29 is 13.9 Å². The van der Waals surface area contributed by atoms with Crippen LogP contribution in [-0.4, -0.2) is 11.7 Å². The highest BCUT2D eigenvalue weighted by Crippen LogP contribution is 2.10. The molecule has 0 aliphatic rings. The molecular weight excluding hydrogens is 235 g/mol. The first-order valence-corrected chi connectivity index (χ1v) is 5.47. The Kier molecular flexibility index (Phi) is 4.27. The van der Waals surface area contributed by atoms with Gasteiger partial charge in [-0.05, 0) is 38.5 Å². The SMILES string of the molecule is CC(C)(C)OC(=O)NCc1ccc(F)c(C#N)c1. The number of nitrogens with zero attached hydrogens (tertiary/aromatic N) is 1. The van der Waals surface area contributed by atoms with Gasteiger partial charge in [0.2, 0.25) is 0 Å². The smallest absolute Gasteiger partial charge is 0.407 e. The molecule has 1 aromatic rings. The summed E-state index contributed by atoms with van der Waals surface area (Å²) in [5, 5.41) is 11.2. The predicted octanol–water partition coefficient (Wildman–Crippen LogP) is 2.72. The lowest BCUT2D eigenvalue weighted by Crippen LogP contribution is -2.32. The zero-order valence-corrected chi connectivity index (χ0v) is 10.6. The highest BCUT2D eigenvalue weighted by molar-refractivity contribution is 5.67. The number of halogens is 1. The highest BCUT2D eigenvalue weighted by atomic mass is 19.1. The Morgan fingerprint density at radius 3 is 2.72 bits per heavy atom. The standard InChI is InChI=1S/C13H15FN2O2/c1-13(2,3)18-12(17)16-8-9-4-5-11(14)10(6-9)7-15/h4-6H,8H2,1-3H3,(H,16,17). The second-order valence-electron chi connectivity index (χ2n) is 4.78. The number of carbonyl (C=O) groups is 1. The van der Waals surface area contributed by atoms with E-state index in [0.717, 1.165) is 0 Å². The van der Waals surface area contributed by atoms with E-state index < -0.39 is 17.5 Å². The van der Waals surface area contributed by atoms with E-state index in [-0.39, 0.29) is 12.1 Å². The van der Waals surface area contributed by atoms with Crippen LogP contribution in [0.5, 0.6) is 0 Å². The topological polar surface area (TPSA) is 62.1 Å². The van der Waals surface area contributed by atoms with Crippen molar-refractivity contribution in [2.24, 2.45) is 0 Å². The lowest BCUT2D eigenvalue weighted by molar-refractivity contribution is 0.0523. The van der Waals surface area contributed by atoms with E-state index >= 15 is 0 Å². The molecule has 0 radical (unpaired) electrons. The van der Waals surface area contributed by atoms with Crippen LogP contribution in [0.3, 0.4) is 0 Å². The minimum atomic E-state index is -0.571. The fourth-order valence-electron chi connectivity index (χ4n) is 1.26. The minimum Gasteiger partial charge on any atom is -0.444 e. The van der Waals surface area contributed by atoms with Crippen LogP contribution < -0.4 is 5.32 Å². The van der Waals surface area contributed by atoms with E-state index in [4.69, 9.17) is 10.00 Å². The molecule has 0 spiro atoms. The molecule has 0 aliphatic carbocycles. The second-order valence-corrected chi connectivity index (χ2v) is 4.78. The fraction of sp³-hybridized carbons (Fsp3) is 0.385. The number of nitriles is 1. The molecule has 0 unspecified atom stereocenters. The Morgan fingerprint density at radius 1 is 1.50 bits per heavy atom. The van der Waals surface area contributed by atoms with Gasteiger partial charge in [0, 0.05) is 6.54 Å². The van der Waals surface area contributed by atoms with Crippen LogP contribution in [0.2, 0.25) is 0 Å². The van der Waals surface area contributed by atoms with Gasteiger partial charge in [0.15, 0.2) is 0 Å². The average Bonchev–Trinajstić information content (AvgIpc) is 2.25. The summed E-state index contributed by atoms with van der Waals surface area (Å²) in [6.07, 6.45) is -0.551. The third kappa shape index (κ3) is 4.42. The molecule has 96 valence electrons. The van der Waals surface area contributed by atoms with Gasteiger partial charge in [-0.15, -0.1) is 0 Å². The average molecular weight is 250 g/mol. The van der Waals surface area contributed by atoms with Crippen LogP contribution in [-0.2, 0) is 11.3 Å². The molecule has 18 heavy (non-hydrogen) atoms. The van der Waals surface area contributed by atoms with Gasteiger partial charge in [-0.2, -0.15) is 5.26 Å². The Labute approximate surface area is 105 Å². The maximum Gasteiger partial charge on any atom is 0.407 e. The molecular formula is C13H15FN2O2. The monoisotopic (exact) mass is 250 g/mol. The summed E-state index contributed by atoms with van der Waals surface area (Å²) in [6, 6.07) is 5.84. The van der Waals surface area contributed by atoms with Crippen LogP contribution in [0.4, 0.5) is 9.18 Å². The lowest BCUT2D eigenvalue weighted by atomic mass is 10.1. The molecule has 1 amide bonds. The minimum absolute atomic E-state index is 0.0431. The van der Waals surface area contributed by atoms with Crippen LogP contribution in [0.15, 0.2) is 18.2 Å².